The molecule has 4 rings (SSSR count). The number of ether oxygens (including phenoxy) is 1. The number of aromatic carboxylic acids is 1. The van der Waals surface area contributed by atoms with Gasteiger partial charge in [-0.3, -0.25) is 0 Å². The molecule has 0 radical (unpaired) electrons. The molecule has 0 saturated carbocycles. The van der Waals surface area contributed by atoms with Crippen LogP contribution in [-0.4, -0.2) is 42.2 Å². The van der Waals surface area contributed by atoms with Gasteiger partial charge in [-0.15, -0.1) is 0 Å². The van der Waals surface area contributed by atoms with E-state index in [9.17, 15) is 9.90 Å². The van der Waals surface area contributed by atoms with E-state index in [0.29, 0.717) is 36.0 Å². The molecule has 0 fully saturated rings. The highest BCUT2D eigenvalue weighted by molar-refractivity contribution is 5.88. The minimum Gasteiger partial charge on any atom is -0.491 e. The quantitative estimate of drug-likeness (QED) is 0.787. The number of hydrogen-bond acceptors (Lipinski definition) is 5. The summed E-state index contributed by atoms with van der Waals surface area (Å²) in [6.07, 6.45) is 2.18. The number of rotatable bonds is 3. The molecule has 0 aliphatic carbocycles. The van der Waals surface area contributed by atoms with Crippen LogP contribution < -0.4 is 4.74 Å². The lowest BCUT2D eigenvalue weighted by Crippen LogP contribution is -2.06. The van der Waals surface area contributed by atoms with E-state index in [-0.39, 0.29) is 11.6 Å². The van der Waals surface area contributed by atoms with Crippen LogP contribution in [0.15, 0.2) is 30.6 Å². The Balaban J connectivity index is 1.87. The summed E-state index contributed by atoms with van der Waals surface area (Å²) >= 11 is 0. The molecule has 0 spiro atoms. The first-order valence-electron chi connectivity index (χ1n) is 8.04. The first kappa shape index (κ1) is 15.4. The Morgan fingerprint density at radius 1 is 1.32 bits per heavy atom. The lowest BCUT2D eigenvalue weighted by atomic mass is 10.2. The Kier molecular flexibility index (Phi) is 3.52. The number of benzene rings is 1. The van der Waals surface area contributed by atoms with E-state index in [1.165, 1.54) is 12.4 Å². The van der Waals surface area contributed by atoms with Crippen LogP contribution in [0.3, 0.4) is 0 Å². The monoisotopic (exact) mass is 339 g/mol. The van der Waals surface area contributed by atoms with Gasteiger partial charge in [-0.2, -0.15) is 10.2 Å². The molecule has 3 aromatic rings. The van der Waals surface area contributed by atoms with Crippen molar-refractivity contribution in [3.8, 4) is 23.0 Å². The van der Waals surface area contributed by atoms with Gasteiger partial charge in [0.1, 0.15) is 23.5 Å². The van der Waals surface area contributed by atoms with E-state index in [1.54, 1.807) is 16.8 Å². The minimum atomic E-state index is -0.986. The average molecular weight is 339 g/mol. The Bertz CT molecular complexity index is 957. The van der Waals surface area contributed by atoms with Crippen molar-refractivity contribution < 1.29 is 14.6 Å². The molecule has 128 valence electrons. The molecular weight excluding hydrogens is 322 g/mol. The number of carbonyl (C=O) groups is 1. The Hall–Kier alpha value is -3.16. The van der Waals surface area contributed by atoms with E-state index in [2.05, 4.69) is 15.2 Å². The Labute approximate surface area is 143 Å². The van der Waals surface area contributed by atoms with Crippen LogP contribution in [-0.2, 0) is 6.42 Å². The molecule has 8 nitrogen and oxygen atoms in total. The number of carboxylic acid groups (broad SMARTS) is 1. The third-order valence-corrected chi connectivity index (χ3v) is 4.12. The minimum absolute atomic E-state index is 0.160. The van der Waals surface area contributed by atoms with Crippen molar-refractivity contribution in [3.05, 3.63) is 41.9 Å². The Morgan fingerprint density at radius 3 is 2.92 bits per heavy atom. The van der Waals surface area contributed by atoms with Gasteiger partial charge in [0.25, 0.3) is 0 Å². The van der Waals surface area contributed by atoms with Gasteiger partial charge in [-0.25, -0.2) is 19.1 Å². The number of fused-ring (bicyclic) bond motifs is 3. The highest BCUT2D eigenvalue weighted by Gasteiger charge is 2.22. The fourth-order valence-electron chi connectivity index (χ4n) is 2.93. The number of hydrogen-bond donors (Lipinski definition) is 1. The SMILES string of the molecule is CC(C)n1ncnc1-c1cc2n(n1)-c1cc(C(=O)O)ccc1OCC2. The van der Waals surface area contributed by atoms with Gasteiger partial charge < -0.3 is 9.84 Å². The zero-order chi connectivity index (χ0) is 17.6. The molecule has 3 heterocycles. The molecule has 1 aromatic carbocycles. The van der Waals surface area contributed by atoms with Crippen molar-refractivity contribution in [1.29, 1.82) is 0 Å². The average Bonchev–Trinajstić information content (AvgIpc) is 3.18. The van der Waals surface area contributed by atoms with Crippen LogP contribution in [0.4, 0.5) is 0 Å². The summed E-state index contributed by atoms with van der Waals surface area (Å²) in [5.74, 6) is 0.316. The van der Waals surface area contributed by atoms with Crippen molar-refractivity contribution in [2.75, 3.05) is 6.61 Å². The lowest BCUT2D eigenvalue weighted by Gasteiger charge is -2.09. The van der Waals surface area contributed by atoms with Gasteiger partial charge >= 0.3 is 5.97 Å². The van der Waals surface area contributed by atoms with E-state index in [1.807, 2.05) is 24.6 Å². The van der Waals surface area contributed by atoms with Crippen molar-refractivity contribution in [2.24, 2.45) is 0 Å². The summed E-state index contributed by atoms with van der Waals surface area (Å²) in [4.78, 5) is 15.6. The van der Waals surface area contributed by atoms with Gasteiger partial charge in [-0.05, 0) is 38.1 Å². The lowest BCUT2D eigenvalue weighted by molar-refractivity contribution is 0.0697. The molecule has 0 bridgehead atoms. The smallest absolute Gasteiger partial charge is 0.335 e. The van der Waals surface area contributed by atoms with Gasteiger partial charge in [0.2, 0.25) is 0 Å². The number of aromatic nitrogens is 5. The highest BCUT2D eigenvalue weighted by Crippen LogP contribution is 2.30. The molecule has 25 heavy (non-hydrogen) atoms. The maximum atomic E-state index is 11.3. The predicted molar refractivity (Wildman–Crippen MR) is 89.1 cm³/mol. The zero-order valence-corrected chi connectivity index (χ0v) is 13.9. The van der Waals surface area contributed by atoms with E-state index in [4.69, 9.17) is 4.74 Å². The van der Waals surface area contributed by atoms with E-state index >= 15 is 0 Å². The highest BCUT2D eigenvalue weighted by atomic mass is 16.5. The van der Waals surface area contributed by atoms with Crippen LogP contribution in [0.2, 0.25) is 0 Å². The fourth-order valence-corrected chi connectivity index (χ4v) is 2.93. The van der Waals surface area contributed by atoms with Crippen LogP contribution in [0.1, 0.15) is 35.9 Å². The summed E-state index contributed by atoms with van der Waals surface area (Å²) in [6, 6.07) is 6.90. The predicted octanol–water partition coefficient (Wildman–Crippen LogP) is 2.34. The Morgan fingerprint density at radius 2 is 2.16 bits per heavy atom. The molecule has 8 heteroatoms. The summed E-state index contributed by atoms with van der Waals surface area (Å²) < 4.78 is 9.28. The van der Waals surface area contributed by atoms with E-state index < -0.39 is 5.97 Å². The van der Waals surface area contributed by atoms with Crippen molar-refractivity contribution in [3.63, 3.8) is 0 Å². The maximum absolute atomic E-state index is 11.3. The molecule has 1 N–H and O–H groups in total. The normalized spacial score (nSPS) is 13.1. The summed E-state index contributed by atoms with van der Waals surface area (Å²) in [6.45, 7) is 4.56. The van der Waals surface area contributed by atoms with Crippen LogP contribution >= 0.6 is 0 Å². The van der Waals surface area contributed by atoms with Gasteiger partial charge in [0.15, 0.2) is 5.82 Å². The van der Waals surface area contributed by atoms with Crippen LogP contribution in [0.25, 0.3) is 17.2 Å². The largest absolute Gasteiger partial charge is 0.491 e. The fraction of sp³-hybridized carbons (Fsp3) is 0.294. The van der Waals surface area contributed by atoms with E-state index in [0.717, 1.165) is 5.69 Å². The first-order valence-corrected chi connectivity index (χ1v) is 8.04. The van der Waals surface area contributed by atoms with Gasteiger partial charge in [0.05, 0.1) is 12.2 Å². The van der Waals surface area contributed by atoms with Gasteiger partial charge in [-0.1, -0.05) is 0 Å². The van der Waals surface area contributed by atoms with Crippen molar-refractivity contribution >= 4 is 5.97 Å². The molecular formula is C17H17N5O3. The molecule has 0 amide bonds. The molecule has 1 aliphatic heterocycles. The van der Waals surface area contributed by atoms with Gasteiger partial charge in [0, 0.05) is 18.2 Å². The third-order valence-electron chi connectivity index (χ3n) is 4.12. The molecule has 0 saturated heterocycles. The molecule has 1 aliphatic rings. The maximum Gasteiger partial charge on any atom is 0.335 e. The second kappa shape index (κ2) is 5.73. The second-order valence-electron chi connectivity index (χ2n) is 6.14. The van der Waals surface area contributed by atoms with Crippen LogP contribution in [0, 0.1) is 0 Å². The van der Waals surface area contributed by atoms with Crippen molar-refractivity contribution in [2.45, 2.75) is 26.3 Å². The summed E-state index contributed by atoms with van der Waals surface area (Å²) in [5, 5.41) is 18.2. The zero-order valence-electron chi connectivity index (χ0n) is 13.9. The third kappa shape index (κ3) is 2.55. The molecule has 0 atom stereocenters. The topological polar surface area (TPSA) is 95.1 Å². The summed E-state index contributed by atoms with van der Waals surface area (Å²) in [7, 11) is 0. The molecule has 0 unspecified atom stereocenters. The standard InChI is InChI=1S/C17H17N5O3/c1-10(2)21-16(18-9-19-21)13-8-12-5-6-25-15-4-3-11(17(23)24)7-14(15)22(12)20-13/h3-4,7-10H,5-6H2,1-2H3,(H,23,24). The first-order chi connectivity index (χ1) is 12.0. The number of nitrogens with zero attached hydrogens (tertiary/aromatic N) is 5. The molecule has 2 aromatic heterocycles. The number of carboxylic acids is 1. The second-order valence-corrected chi connectivity index (χ2v) is 6.14. The van der Waals surface area contributed by atoms with Crippen molar-refractivity contribution in [1.82, 2.24) is 24.5 Å². The summed E-state index contributed by atoms with van der Waals surface area (Å²) in [5.41, 5.74) is 2.45. The van der Waals surface area contributed by atoms with Crippen LogP contribution in [0.5, 0.6) is 5.75 Å².